The van der Waals surface area contributed by atoms with Crippen LogP contribution in [0.2, 0.25) is 0 Å². The topological polar surface area (TPSA) is 105 Å². The molecule has 1 aliphatic heterocycles. The molecule has 1 heterocycles. The molecule has 7 heteroatoms. The highest BCUT2D eigenvalue weighted by molar-refractivity contribution is 6.04. The van der Waals surface area contributed by atoms with E-state index in [2.05, 4.69) is 5.32 Å². The number of phenolic OH excluding ortho intramolecular Hbond substituents is 1. The number of nitrogens with zero attached hydrogens (tertiary/aromatic N) is 1. The van der Waals surface area contributed by atoms with Crippen LogP contribution in [0, 0.1) is 0 Å². The Morgan fingerprint density at radius 1 is 1.10 bits per heavy atom. The van der Waals surface area contributed by atoms with Gasteiger partial charge in [-0.05, 0) is 41.0 Å². The van der Waals surface area contributed by atoms with Gasteiger partial charge in [0.05, 0.1) is 13.2 Å². The highest BCUT2D eigenvalue weighted by Crippen LogP contribution is 2.38. The third-order valence-electron chi connectivity index (χ3n) is 5.21. The lowest BCUT2D eigenvalue weighted by Crippen LogP contribution is -2.34. The minimum Gasteiger partial charge on any atom is -0.504 e. The van der Waals surface area contributed by atoms with E-state index < -0.39 is 6.03 Å². The fraction of sp³-hybridized carbons (Fsp3) is 0.130. The van der Waals surface area contributed by atoms with Crippen LogP contribution in [0.15, 0.2) is 66.7 Å². The van der Waals surface area contributed by atoms with E-state index in [9.17, 15) is 14.7 Å². The monoisotopic (exact) mass is 403 g/mol. The van der Waals surface area contributed by atoms with E-state index in [0.29, 0.717) is 23.5 Å². The van der Waals surface area contributed by atoms with Gasteiger partial charge in [-0.2, -0.15) is 0 Å². The first kappa shape index (κ1) is 19.3. The molecule has 0 saturated heterocycles. The SMILES string of the molecule is COc1ccc(NC(=O)c2ccc(C3c4ccccc4CN3C(N)=O)cc2)cc1O. The van der Waals surface area contributed by atoms with E-state index in [0.717, 1.165) is 16.7 Å². The smallest absolute Gasteiger partial charge is 0.315 e. The zero-order chi connectivity index (χ0) is 21.3. The average molecular weight is 403 g/mol. The summed E-state index contributed by atoms with van der Waals surface area (Å²) in [6.07, 6.45) is 0. The van der Waals surface area contributed by atoms with Gasteiger partial charge >= 0.3 is 6.03 Å². The molecule has 0 spiro atoms. The summed E-state index contributed by atoms with van der Waals surface area (Å²) in [5.74, 6) is -0.0463. The van der Waals surface area contributed by atoms with Crippen molar-refractivity contribution >= 4 is 17.6 Å². The quantitative estimate of drug-likeness (QED) is 0.618. The van der Waals surface area contributed by atoms with Gasteiger partial charge in [0.15, 0.2) is 11.5 Å². The largest absolute Gasteiger partial charge is 0.504 e. The minimum absolute atomic E-state index is 0.0583. The summed E-state index contributed by atoms with van der Waals surface area (Å²) in [6, 6.07) is 18.8. The number of nitrogens with two attached hydrogens (primary N) is 1. The molecule has 7 nitrogen and oxygen atoms in total. The lowest BCUT2D eigenvalue weighted by molar-refractivity contribution is 0.102. The fourth-order valence-corrected chi connectivity index (χ4v) is 3.74. The number of benzene rings is 3. The number of anilines is 1. The van der Waals surface area contributed by atoms with Crippen molar-refractivity contribution in [3.8, 4) is 11.5 Å². The Morgan fingerprint density at radius 3 is 2.50 bits per heavy atom. The molecule has 3 amide bonds. The Balaban J connectivity index is 1.56. The molecule has 3 aromatic rings. The molecule has 0 fully saturated rings. The van der Waals surface area contributed by atoms with Crippen molar-refractivity contribution in [2.75, 3.05) is 12.4 Å². The molecule has 3 aromatic carbocycles. The Morgan fingerprint density at radius 2 is 1.83 bits per heavy atom. The van der Waals surface area contributed by atoms with Gasteiger partial charge in [-0.15, -0.1) is 0 Å². The maximum absolute atomic E-state index is 12.6. The van der Waals surface area contributed by atoms with E-state index in [1.807, 2.05) is 36.4 Å². The second-order valence-electron chi connectivity index (χ2n) is 7.03. The van der Waals surface area contributed by atoms with Crippen LogP contribution >= 0.6 is 0 Å². The second kappa shape index (κ2) is 7.79. The second-order valence-corrected chi connectivity index (χ2v) is 7.03. The van der Waals surface area contributed by atoms with E-state index in [1.165, 1.54) is 13.2 Å². The number of hydrogen-bond acceptors (Lipinski definition) is 4. The summed E-state index contributed by atoms with van der Waals surface area (Å²) < 4.78 is 5.00. The van der Waals surface area contributed by atoms with Crippen molar-refractivity contribution in [2.45, 2.75) is 12.6 Å². The molecule has 0 aliphatic carbocycles. The van der Waals surface area contributed by atoms with Crippen LogP contribution in [0.1, 0.15) is 33.1 Å². The van der Waals surface area contributed by atoms with E-state index >= 15 is 0 Å². The van der Waals surface area contributed by atoms with Gasteiger partial charge in [-0.3, -0.25) is 4.79 Å². The summed E-state index contributed by atoms with van der Waals surface area (Å²) in [4.78, 5) is 26.1. The third kappa shape index (κ3) is 3.53. The Kier molecular flexibility index (Phi) is 5.02. The number of carbonyl (C=O) groups is 2. The number of methoxy groups -OCH3 is 1. The molecule has 0 bridgehead atoms. The van der Waals surface area contributed by atoms with Gasteiger partial charge < -0.3 is 25.8 Å². The fourth-order valence-electron chi connectivity index (χ4n) is 3.74. The van der Waals surface area contributed by atoms with Crippen LogP contribution in [0.25, 0.3) is 0 Å². The lowest BCUT2D eigenvalue weighted by Gasteiger charge is -2.24. The predicted octanol–water partition coefficient (Wildman–Crippen LogP) is 3.64. The number of phenols is 1. The molecular formula is C23H21N3O4. The van der Waals surface area contributed by atoms with Crippen molar-refractivity contribution < 1.29 is 19.4 Å². The Hall–Kier alpha value is -4.00. The molecule has 4 rings (SSSR count). The summed E-state index contributed by atoms with van der Waals surface area (Å²) >= 11 is 0. The Bertz CT molecular complexity index is 1110. The first-order valence-electron chi connectivity index (χ1n) is 9.40. The van der Waals surface area contributed by atoms with Gasteiger partial charge in [-0.25, -0.2) is 4.79 Å². The number of fused-ring (bicyclic) bond motifs is 1. The number of carbonyl (C=O) groups excluding carboxylic acids is 2. The number of amides is 3. The van der Waals surface area contributed by atoms with E-state index in [4.69, 9.17) is 10.5 Å². The molecule has 0 aromatic heterocycles. The van der Waals surface area contributed by atoms with Crippen LogP contribution in [0.3, 0.4) is 0 Å². The van der Waals surface area contributed by atoms with Crippen molar-refractivity contribution in [1.29, 1.82) is 0 Å². The number of nitrogens with one attached hydrogen (secondary N) is 1. The number of rotatable bonds is 4. The lowest BCUT2D eigenvalue weighted by atomic mass is 9.97. The maximum Gasteiger partial charge on any atom is 0.315 e. The summed E-state index contributed by atoms with van der Waals surface area (Å²) in [5, 5.41) is 12.6. The summed E-state index contributed by atoms with van der Waals surface area (Å²) in [5.41, 5.74) is 9.46. The minimum atomic E-state index is -0.489. The highest BCUT2D eigenvalue weighted by atomic mass is 16.5. The predicted molar refractivity (Wildman–Crippen MR) is 112 cm³/mol. The number of aromatic hydroxyl groups is 1. The third-order valence-corrected chi connectivity index (χ3v) is 5.21. The maximum atomic E-state index is 12.6. The number of ether oxygens (including phenoxy) is 1. The van der Waals surface area contributed by atoms with E-state index in [1.54, 1.807) is 29.2 Å². The zero-order valence-electron chi connectivity index (χ0n) is 16.3. The molecule has 4 N–H and O–H groups in total. The number of urea groups is 1. The summed E-state index contributed by atoms with van der Waals surface area (Å²) in [7, 11) is 1.46. The highest BCUT2D eigenvalue weighted by Gasteiger charge is 2.33. The molecule has 152 valence electrons. The molecule has 0 radical (unpaired) electrons. The normalized spacial score (nSPS) is 14.8. The Labute approximate surface area is 173 Å². The van der Waals surface area contributed by atoms with Crippen molar-refractivity contribution in [1.82, 2.24) is 4.90 Å². The number of hydrogen-bond donors (Lipinski definition) is 3. The first-order chi connectivity index (χ1) is 14.5. The van der Waals surface area contributed by atoms with Crippen LogP contribution in [-0.4, -0.2) is 29.1 Å². The van der Waals surface area contributed by atoms with Crippen molar-refractivity contribution in [3.63, 3.8) is 0 Å². The van der Waals surface area contributed by atoms with Crippen LogP contribution in [0.4, 0.5) is 10.5 Å². The zero-order valence-corrected chi connectivity index (χ0v) is 16.3. The molecule has 1 atom stereocenters. The molecule has 1 aliphatic rings. The van der Waals surface area contributed by atoms with Gasteiger partial charge in [0.2, 0.25) is 0 Å². The first-order valence-corrected chi connectivity index (χ1v) is 9.40. The van der Waals surface area contributed by atoms with Crippen LogP contribution in [0.5, 0.6) is 11.5 Å². The van der Waals surface area contributed by atoms with Crippen molar-refractivity contribution in [2.24, 2.45) is 5.73 Å². The molecule has 1 unspecified atom stereocenters. The van der Waals surface area contributed by atoms with Crippen LogP contribution < -0.4 is 15.8 Å². The number of primary amides is 1. The standard InChI is InChI=1S/C23H21N3O4/c1-30-20-11-10-17(12-19(20)27)25-22(28)15-8-6-14(7-9-15)21-18-5-3-2-4-16(18)13-26(21)23(24)29/h2-12,21,27H,13H2,1H3,(H2,24,29)(H,25,28). The molecular weight excluding hydrogens is 382 g/mol. The molecule has 0 saturated carbocycles. The van der Waals surface area contributed by atoms with Crippen molar-refractivity contribution in [3.05, 3.63) is 89.0 Å². The average Bonchev–Trinajstić information content (AvgIpc) is 3.14. The van der Waals surface area contributed by atoms with Gasteiger partial charge in [0, 0.05) is 23.9 Å². The molecule has 30 heavy (non-hydrogen) atoms. The van der Waals surface area contributed by atoms with E-state index in [-0.39, 0.29) is 17.7 Å². The van der Waals surface area contributed by atoms with Crippen LogP contribution in [-0.2, 0) is 6.54 Å². The van der Waals surface area contributed by atoms with Gasteiger partial charge in [-0.1, -0.05) is 36.4 Å². The summed E-state index contributed by atoms with van der Waals surface area (Å²) in [6.45, 7) is 0.458. The van der Waals surface area contributed by atoms with Gasteiger partial charge in [0.25, 0.3) is 5.91 Å². The van der Waals surface area contributed by atoms with Gasteiger partial charge in [0.1, 0.15) is 0 Å².